The van der Waals surface area contributed by atoms with E-state index in [0.717, 1.165) is 18.9 Å². The fourth-order valence-corrected chi connectivity index (χ4v) is 8.46. The SMILES string of the molecule is CCC/C=C/C=C/C(=O)O[C@H]1/C(=C/C(=O)OC)C[C@H]2C[C@H](CO)OC(=[OH+])C[C@H](O)C[C@@H]3C[C@H](OC(C)=O)C(C)(C)[C@](O)(C[C@@H]4C/C(=C/C(=O)OC)C[C@H](/C=C/C(C)(C)[C@]1(O)O2)O4)O3. The monoisotopic (exact) mass is 891 g/mol. The van der Waals surface area contributed by atoms with Crippen molar-refractivity contribution in [2.75, 3.05) is 20.8 Å². The Morgan fingerprint density at radius 3 is 2.22 bits per heavy atom. The summed E-state index contributed by atoms with van der Waals surface area (Å²) in [6.07, 6.45) is 4.50. The van der Waals surface area contributed by atoms with Gasteiger partial charge in [0.1, 0.15) is 19.1 Å². The van der Waals surface area contributed by atoms with Crippen LogP contribution in [0.5, 0.6) is 0 Å². The second kappa shape index (κ2) is 22.1. The second-order valence-corrected chi connectivity index (χ2v) is 17.8. The van der Waals surface area contributed by atoms with Gasteiger partial charge in [0.25, 0.3) is 0 Å². The second-order valence-electron chi connectivity index (χ2n) is 17.8. The van der Waals surface area contributed by atoms with Crippen LogP contribution in [0.15, 0.2) is 59.8 Å². The van der Waals surface area contributed by atoms with Crippen molar-refractivity contribution >= 4 is 29.8 Å². The van der Waals surface area contributed by atoms with Crippen LogP contribution in [-0.4, -0.2) is 136 Å². The zero-order chi connectivity index (χ0) is 46.8. The molecule has 0 aromatic carbocycles. The maximum Gasteiger partial charge on any atom is 0.485 e. The molecule has 0 radical (unpaired) electrons. The Kier molecular flexibility index (Phi) is 18.0. The summed E-state index contributed by atoms with van der Waals surface area (Å²) in [6, 6.07) is 0. The van der Waals surface area contributed by atoms with Gasteiger partial charge in [-0.3, -0.25) is 4.79 Å². The van der Waals surface area contributed by atoms with Crippen LogP contribution in [0.3, 0.4) is 0 Å². The first-order valence-corrected chi connectivity index (χ1v) is 21.5. The molecule has 4 aliphatic heterocycles. The molecule has 4 aliphatic rings. The number of fused-ring (bicyclic) bond motifs is 6. The van der Waals surface area contributed by atoms with Crippen molar-refractivity contribution in [2.24, 2.45) is 10.8 Å². The minimum Gasteiger partial charge on any atom is -0.466 e. The third-order valence-electron chi connectivity index (χ3n) is 12.1. The molecule has 17 heteroatoms. The summed E-state index contributed by atoms with van der Waals surface area (Å²) in [5, 5.41) is 47.0. The fourth-order valence-electron chi connectivity index (χ4n) is 8.46. The lowest BCUT2D eigenvalue weighted by atomic mass is 9.70. The molecule has 4 heterocycles. The summed E-state index contributed by atoms with van der Waals surface area (Å²) >= 11 is 0. The molecule has 17 nitrogen and oxygen atoms in total. The number of methoxy groups -OCH3 is 2. The molecular formula is C46H67O17+. The molecule has 0 unspecified atom stereocenters. The normalized spacial score (nSPS) is 35.7. The number of allylic oxidation sites excluding steroid dienone is 3. The minimum atomic E-state index is -2.44. The highest BCUT2D eigenvalue weighted by Gasteiger charge is 2.59. The Morgan fingerprint density at radius 2 is 1.57 bits per heavy atom. The van der Waals surface area contributed by atoms with Gasteiger partial charge < -0.3 is 63.1 Å². The van der Waals surface area contributed by atoms with Gasteiger partial charge in [0.15, 0.2) is 11.9 Å². The zero-order valence-corrected chi connectivity index (χ0v) is 37.7. The number of hydrogen-bond acceptors (Lipinski definition) is 16. The first kappa shape index (κ1) is 51.4. The Balaban J connectivity index is 1.87. The van der Waals surface area contributed by atoms with E-state index in [0.29, 0.717) is 5.57 Å². The Hall–Kier alpha value is -4.23. The molecule has 63 heavy (non-hydrogen) atoms. The highest BCUT2D eigenvalue weighted by molar-refractivity contribution is 5.85. The zero-order valence-electron chi connectivity index (χ0n) is 37.7. The summed E-state index contributed by atoms with van der Waals surface area (Å²) in [4.78, 5) is 62.1. The van der Waals surface area contributed by atoms with E-state index >= 15 is 0 Å². The van der Waals surface area contributed by atoms with Crippen LogP contribution in [0.2, 0.25) is 0 Å². The molecule has 5 N–H and O–H groups in total. The van der Waals surface area contributed by atoms with E-state index in [2.05, 4.69) is 0 Å². The van der Waals surface area contributed by atoms with E-state index in [1.165, 1.54) is 39.4 Å². The van der Waals surface area contributed by atoms with Gasteiger partial charge in [0.2, 0.25) is 11.9 Å². The largest absolute Gasteiger partial charge is 0.485 e. The smallest absolute Gasteiger partial charge is 0.466 e. The Bertz CT molecular complexity index is 1790. The summed E-state index contributed by atoms with van der Waals surface area (Å²) in [6.45, 7) is 9.21. The van der Waals surface area contributed by atoms with Crippen LogP contribution in [-0.2, 0) is 57.1 Å². The van der Waals surface area contributed by atoms with Crippen LogP contribution in [0.25, 0.3) is 0 Å². The Labute approximate surface area is 369 Å². The number of esters is 5. The van der Waals surface area contributed by atoms with Crippen molar-refractivity contribution in [1.29, 1.82) is 0 Å². The number of aliphatic hydroxyl groups is 4. The molecule has 3 fully saturated rings. The molecule has 0 aromatic rings. The number of carbonyl (C=O) groups is 4. The molecule has 352 valence electrons. The van der Waals surface area contributed by atoms with Gasteiger partial charge in [0.05, 0.1) is 50.2 Å². The maximum absolute atomic E-state index is 13.4. The van der Waals surface area contributed by atoms with Crippen molar-refractivity contribution in [1.82, 2.24) is 0 Å². The van der Waals surface area contributed by atoms with Crippen LogP contribution in [0, 0.1) is 10.8 Å². The maximum atomic E-state index is 13.4. The number of cyclic esters (lactones) is 1. The molecule has 4 rings (SSSR count). The van der Waals surface area contributed by atoms with Crippen LogP contribution < -0.4 is 0 Å². The molecule has 0 aromatic heterocycles. The Morgan fingerprint density at radius 1 is 0.873 bits per heavy atom. The van der Waals surface area contributed by atoms with E-state index in [1.54, 1.807) is 45.9 Å². The van der Waals surface area contributed by atoms with Crippen LogP contribution in [0.4, 0.5) is 0 Å². The number of carbonyl (C=O) groups excluding carboxylic acids is 5. The number of aliphatic hydroxyl groups excluding tert-OH is 2. The van der Waals surface area contributed by atoms with Crippen LogP contribution >= 0.6 is 0 Å². The number of rotatable bonds is 9. The molecule has 10 atom stereocenters. The predicted molar refractivity (Wildman–Crippen MR) is 226 cm³/mol. The molecule has 0 spiro atoms. The highest BCUT2D eigenvalue weighted by atomic mass is 16.7. The van der Waals surface area contributed by atoms with E-state index in [9.17, 15) is 44.4 Å². The first-order valence-electron chi connectivity index (χ1n) is 21.5. The van der Waals surface area contributed by atoms with E-state index in [1.807, 2.05) is 13.0 Å². The van der Waals surface area contributed by atoms with Gasteiger partial charge >= 0.3 is 29.8 Å². The predicted octanol–water partition coefficient (Wildman–Crippen LogP) is 3.87. The van der Waals surface area contributed by atoms with Gasteiger partial charge in [-0.2, -0.15) is 0 Å². The van der Waals surface area contributed by atoms with Gasteiger partial charge in [-0.25, -0.2) is 14.4 Å². The van der Waals surface area contributed by atoms with Gasteiger partial charge in [-0.05, 0) is 31.3 Å². The van der Waals surface area contributed by atoms with Gasteiger partial charge in [-0.15, -0.1) is 0 Å². The number of hydrogen-bond donors (Lipinski definition) is 4. The summed E-state index contributed by atoms with van der Waals surface area (Å²) in [5.41, 5.74) is -1.99. The molecule has 6 bridgehead atoms. The number of ether oxygens (including phenoxy) is 8. The standard InChI is InChI=1S/C46H66O17/c1-9-10-11-12-13-14-38(50)61-42-30(21-40(52)57-8)20-33-24-36(27-47)60-41(53)23-31(49)22-34-25-37(58-28(2)48)44(5,6)45(54,62-34)26-35-18-29(19-39(51)56-7)17-32(59-35)15-16-43(3,4)46(42,55)63-33/h11-16,19,21,31-37,42,47,49,54-55H,9-10,17-18,20,22-27H2,1-8H3/p+1/b12-11+,14-13+,16-15+,29-19+,30-21+/t31-,32+,33+,34-,35+,36-,37+,42+,45+,46-/m1/s1. The molecule has 0 saturated carbocycles. The summed E-state index contributed by atoms with van der Waals surface area (Å²) < 4.78 is 46.6. The average molecular weight is 892 g/mol. The molecule has 3 saturated heterocycles. The lowest BCUT2D eigenvalue weighted by Gasteiger charge is -2.53. The quantitative estimate of drug-likeness (QED) is 0.0641. The van der Waals surface area contributed by atoms with Gasteiger partial charge in [0, 0.05) is 56.3 Å². The summed E-state index contributed by atoms with van der Waals surface area (Å²) in [7, 11) is 2.41. The highest BCUT2D eigenvalue weighted by Crippen LogP contribution is 2.50. The third kappa shape index (κ3) is 13.4. The first-order chi connectivity index (χ1) is 29.6. The summed E-state index contributed by atoms with van der Waals surface area (Å²) in [5.74, 6) is -7.98. The lowest BCUT2D eigenvalue weighted by molar-refractivity contribution is -0.348. The van der Waals surface area contributed by atoms with Crippen molar-refractivity contribution < 1.29 is 82.3 Å². The van der Waals surface area contributed by atoms with Gasteiger partial charge in [-0.1, -0.05) is 77.0 Å². The van der Waals surface area contributed by atoms with E-state index < -0.39 is 114 Å². The lowest BCUT2D eigenvalue weighted by Crippen LogP contribution is -2.62. The van der Waals surface area contributed by atoms with Crippen molar-refractivity contribution in [3.05, 3.63) is 59.8 Å². The molecule has 0 aliphatic carbocycles. The molecular weight excluding hydrogens is 824 g/mol. The van der Waals surface area contributed by atoms with Crippen molar-refractivity contribution in [3.8, 4) is 0 Å². The average Bonchev–Trinajstić information content (AvgIpc) is 3.19. The molecule has 0 amide bonds. The van der Waals surface area contributed by atoms with Crippen molar-refractivity contribution in [2.45, 2.75) is 166 Å². The number of unbranched alkanes of at least 4 members (excludes halogenated alkanes) is 1. The van der Waals surface area contributed by atoms with Crippen molar-refractivity contribution in [3.63, 3.8) is 0 Å². The van der Waals surface area contributed by atoms with E-state index in [4.69, 9.17) is 37.9 Å². The fraction of sp³-hybridized carbons (Fsp3) is 0.674. The van der Waals surface area contributed by atoms with Crippen LogP contribution in [0.1, 0.15) is 106 Å². The van der Waals surface area contributed by atoms with E-state index in [-0.39, 0.29) is 50.5 Å². The topological polar surface area (TPSA) is 244 Å². The third-order valence-corrected chi connectivity index (χ3v) is 12.1. The minimum absolute atomic E-state index is 0.0955.